The van der Waals surface area contributed by atoms with E-state index in [1.165, 1.54) is 45.4 Å². The number of nitrogens with zero attached hydrogens (tertiary/aromatic N) is 2. The predicted octanol–water partition coefficient (Wildman–Crippen LogP) is 1.26. The van der Waals surface area contributed by atoms with Gasteiger partial charge in [0.1, 0.15) is 0 Å². The van der Waals surface area contributed by atoms with Crippen LogP contribution in [0.15, 0.2) is 0 Å². The summed E-state index contributed by atoms with van der Waals surface area (Å²) in [6.07, 6.45) is 3.92. The first-order valence-electron chi connectivity index (χ1n) is 6.71. The van der Waals surface area contributed by atoms with Crippen molar-refractivity contribution in [3.05, 3.63) is 0 Å². The summed E-state index contributed by atoms with van der Waals surface area (Å²) in [6.45, 7) is 7.36. The maximum absolute atomic E-state index is 3.46. The van der Waals surface area contributed by atoms with E-state index < -0.39 is 0 Å². The van der Waals surface area contributed by atoms with Crippen LogP contribution in [0.1, 0.15) is 26.2 Å². The first kappa shape index (κ1) is 13.9. The molecule has 0 radical (unpaired) electrons. The third-order valence-corrected chi connectivity index (χ3v) is 3.79. The Bertz CT molecular complexity index is 182. The third kappa shape index (κ3) is 4.40. The Balaban J connectivity index is 2.25. The van der Waals surface area contributed by atoms with Crippen molar-refractivity contribution in [1.82, 2.24) is 15.1 Å². The Morgan fingerprint density at radius 2 is 2.12 bits per heavy atom. The molecule has 1 fully saturated rings. The summed E-state index contributed by atoms with van der Waals surface area (Å²) in [4.78, 5) is 4.92. The second kappa shape index (κ2) is 7.25. The highest BCUT2D eigenvalue weighted by molar-refractivity contribution is 4.83. The van der Waals surface area contributed by atoms with Crippen LogP contribution in [0.2, 0.25) is 0 Å². The Morgan fingerprint density at radius 3 is 2.69 bits per heavy atom. The minimum Gasteiger partial charge on any atom is -0.317 e. The van der Waals surface area contributed by atoms with Crippen LogP contribution >= 0.6 is 0 Å². The molecule has 0 aromatic carbocycles. The lowest BCUT2D eigenvalue weighted by Gasteiger charge is -2.38. The van der Waals surface area contributed by atoms with E-state index in [-0.39, 0.29) is 0 Å². The fourth-order valence-corrected chi connectivity index (χ4v) is 2.71. The number of rotatable bonds is 6. The van der Waals surface area contributed by atoms with Crippen molar-refractivity contribution in [3.8, 4) is 0 Å². The number of likely N-dealkylation sites (tertiary alicyclic amines) is 1. The van der Waals surface area contributed by atoms with Gasteiger partial charge in [0.2, 0.25) is 0 Å². The van der Waals surface area contributed by atoms with Crippen LogP contribution < -0.4 is 5.32 Å². The number of hydrogen-bond donors (Lipinski definition) is 1. The first-order chi connectivity index (χ1) is 7.67. The molecule has 0 bridgehead atoms. The van der Waals surface area contributed by atoms with E-state index in [2.05, 4.69) is 43.2 Å². The Labute approximate surface area is 101 Å². The highest BCUT2D eigenvalue weighted by atomic mass is 15.2. The zero-order chi connectivity index (χ0) is 12.0. The molecule has 1 heterocycles. The van der Waals surface area contributed by atoms with Crippen molar-refractivity contribution in [3.63, 3.8) is 0 Å². The van der Waals surface area contributed by atoms with E-state index >= 15 is 0 Å². The van der Waals surface area contributed by atoms with Gasteiger partial charge < -0.3 is 15.1 Å². The molecule has 0 aromatic rings. The van der Waals surface area contributed by atoms with Gasteiger partial charge in [-0.25, -0.2) is 0 Å². The van der Waals surface area contributed by atoms with Crippen LogP contribution in [-0.2, 0) is 0 Å². The van der Waals surface area contributed by atoms with Crippen molar-refractivity contribution in [2.45, 2.75) is 32.2 Å². The van der Waals surface area contributed by atoms with Gasteiger partial charge in [0, 0.05) is 12.6 Å². The molecule has 0 amide bonds. The van der Waals surface area contributed by atoms with E-state index in [1.54, 1.807) is 0 Å². The smallest absolute Gasteiger partial charge is 0.0117 e. The van der Waals surface area contributed by atoms with Gasteiger partial charge in [0.25, 0.3) is 0 Å². The third-order valence-electron chi connectivity index (χ3n) is 3.79. The molecule has 1 aliphatic heterocycles. The zero-order valence-corrected chi connectivity index (χ0v) is 11.5. The lowest BCUT2D eigenvalue weighted by atomic mass is 9.90. The molecule has 1 saturated heterocycles. The molecule has 3 nitrogen and oxygen atoms in total. The molecule has 2 atom stereocenters. The summed E-state index contributed by atoms with van der Waals surface area (Å²) in [5.41, 5.74) is 0. The van der Waals surface area contributed by atoms with Crippen molar-refractivity contribution in [1.29, 1.82) is 0 Å². The summed E-state index contributed by atoms with van der Waals surface area (Å²) in [5, 5.41) is 3.46. The molecular weight excluding hydrogens is 198 g/mol. The summed E-state index contributed by atoms with van der Waals surface area (Å²) >= 11 is 0. The van der Waals surface area contributed by atoms with Crippen molar-refractivity contribution in [2.24, 2.45) is 5.92 Å². The summed E-state index contributed by atoms with van der Waals surface area (Å²) < 4.78 is 0. The van der Waals surface area contributed by atoms with Gasteiger partial charge in [-0.05, 0) is 59.5 Å². The average Bonchev–Trinajstić information content (AvgIpc) is 2.28. The van der Waals surface area contributed by atoms with Gasteiger partial charge in [-0.1, -0.05) is 13.3 Å². The van der Waals surface area contributed by atoms with E-state index in [0.29, 0.717) is 0 Å². The number of nitrogens with one attached hydrogen (secondary N) is 1. The van der Waals surface area contributed by atoms with E-state index in [1.807, 2.05) is 0 Å². The molecule has 1 aliphatic rings. The molecule has 0 aliphatic carbocycles. The van der Waals surface area contributed by atoms with E-state index in [0.717, 1.165) is 12.0 Å². The van der Waals surface area contributed by atoms with Crippen LogP contribution in [0, 0.1) is 5.92 Å². The SMILES string of the molecule is CCC1CN(CCCN(C)C)CCC1NC. The summed E-state index contributed by atoms with van der Waals surface area (Å²) in [7, 11) is 6.42. The number of piperidine rings is 1. The predicted molar refractivity (Wildman–Crippen MR) is 70.9 cm³/mol. The monoisotopic (exact) mass is 227 g/mol. The van der Waals surface area contributed by atoms with Gasteiger partial charge in [-0.2, -0.15) is 0 Å². The van der Waals surface area contributed by atoms with Gasteiger partial charge in [-0.15, -0.1) is 0 Å². The van der Waals surface area contributed by atoms with Gasteiger partial charge in [0.15, 0.2) is 0 Å². The van der Waals surface area contributed by atoms with Crippen LogP contribution in [0.5, 0.6) is 0 Å². The first-order valence-corrected chi connectivity index (χ1v) is 6.71. The molecule has 96 valence electrons. The van der Waals surface area contributed by atoms with E-state index in [9.17, 15) is 0 Å². The molecule has 16 heavy (non-hydrogen) atoms. The van der Waals surface area contributed by atoms with E-state index in [4.69, 9.17) is 0 Å². The van der Waals surface area contributed by atoms with Crippen LogP contribution in [-0.4, -0.2) is 63.2 Å². The minimum atomic E-state index is 0.745. The second-order valence-electron chi connectivity index (χ2n) is 5.31. The second-order valence-corrected chi connectivity index (χ2v) is 5.31. The van der Waals surface area contributed by atoms with Crippen LogP contribution in [0.3, 0.4) is 0 Å². The number of hydrogen-bond acceptors (Lipinski definition) is 3. The topological polar surface area (TPSA) is 18.5 Å². The normalized spacial score (nSPS) is 27.6. The molecular formula is C13H29N3. The molecule has 3 heteroatoms. The maximum Gasteiger partial charge on any atom is 0.0117 e. The maximum atomic E-state index is 3.46. The Morgan fingerprint density at radius 1 is 1.38 bits per heavy atom. The standard InChI is InChI=1S/C13H29N3/c1-5-12-11-16(9-6-8-15(3)4)10-7-13(12)14-2/h12-14H,5-11H2,1-4H3. The van der Waals surface area contributed by atoms with Gasteiger partial charge in [0.05, 0.1) is 0 Å². The fourth-order valence-electron chi connectivity index (χ4n) is 2.71. The van der Waals surface area contributed by atoms with Crippen molar-refractivity contribution < 1.29 is 0 Å². The Kier molecular flexibility index (Phi) is 6.32. The lowest BCUT2D eigenvalue weighted by molar-refractivity contribution is 0.134. The quantitative estimate of drug-likeness (QED) is 0.737. The summed E-state index contributed by atoms with van der Waals surface area (Å²) in [6, 6.07) is 0.745. The molecule has 0 saturated carbocycles. The van der Waals surface area contributed by atoms with Gasteiger partial charge in [-0.3, -0.25) is 0 Å². The van der Waals surface area contributed by atoms with Crippen molar-refractivity contribution >= 4 is 0 Å². The highest BCUT2D eigenvalue weighted by Gasteiger charge is 2.26. The molecule has 0 aromatic heterocycles. The zero-order valence-electron chi connectivity index (χ0n) is 11.5. The minimum absolute atomic E-state index is 0.745. The average molecular weight is 227 g/mol. The van der Waals surface area contributed by atoms with Crippen LogP contribution in [0.4, 0.5) is 0 Å². The molecule has 0 spiro atoms. The Hall–Kier alpha value is -0.120. The molecule has 1 rings (SSSR count). The summed E-state index contributed by atoms with van der Waals surface area (Å²) in [5.74, 6) is 0.845. The largest absolute Gasteiger partial charge is 0.317 e. The van der Waals surface area contributed by atoms with Gasteiger partial charge >= 0.3 is 0 Å². The highest BCUT2D eigenvalue weighted by Crippen LogP contribution is 2.19. The lowest BCUT2D eigenvalue weighted by Crippen LogP contribution is -2.48. The molecule has 2 unspecified atom stereocenters. The molecule has 1 N–H and O–H groups in total. The fraction of sp³-hybridized carbons (Fsp3) is 1.00. The van der Waals surface area contributed by atoms with Crippen molar-refractivity contribution in [2.75, 3.05) is 47.3 Å². The van der Waals surface area contributed by atoms with Crippen LogP contribution in [0.25, 0.3) is 0 Å².